The molecule has 1 aliphatic rings. The standard InChI is InChI=1S/C6H14N2O2/c7-2-5-6(10)1-4(3-9)8-5/h4-6,8-10H,1-3,7H2. The molecule has 0 aromatic heterocycles. The Kier molecular flexibility index (Phi) is 2.62. The molecule has 0 aromatic carbocycles. The summed E-state index contributed by atoms with van der Waals surface area (Å²) < 4.78 is 0. The molecule has 3 atom stereocenters. The maximum absolute atomic E-state index is 9.24. The molecule has 1 aliphatic heterocycles. The Morgan fingerprint density at radius 2 is 2.30 bits per heavy atom. The number of aliphatic hydroxyl groups is 2. The maximum atomic E-state index is 9.24. The topological polar surface area (TPSA) is 78.5 Å². The van der Waals surface area contributed by atoms with Crippen LogP contribution in [0, 0.1) is 0 Å². The summed E-state index contributed by atoms with van der Waals surface area (Å²) in [6.07, 6.45) is 0.223. The molecule has 0 saturated carbocycles. The van der Waals surface area contributed by atoms with E-state index in [-0.39, 0.29) is 24.8 Å². The zero-order valence-corrected chi connectivity index (χ0v) is 5.83. The molecule has 10 heavy (non-hydrogen) atoms. The third-order valence-electron chi connectivity index (χ3n) is 1.91. The van der Waals surface area contributed by atoms with Gasteiger partial charge < -0.3 is 21.3 Å². The van der Waals surface area contributed by atoms with Crippen molar-refractivity contribution in [3.63, 3.8) is 0 Å². The highest BCUT2D eigenvalue weighted by atomic mass is 16.3. The molecule has 60 valence electrons. The fraction of sp³-hybridized carbons (Fsp3) is 1.00. The van der Waals surface area contributed by atoms with Crippen LogP contribution in [0.1, 0.15) is 6.42 Å². The van der Waals surface area contributed by atoms with Gasteiger partial charge >= 0.3 is 0 Å². The van der Waals surface area contributed by atoms with Gasteiger partial charge in [-0.05, 0) is 6.42 Å². The predicted molar refractivity (Wildman–Crippen MR) is 37.5 cm³/mol. The minimum atomic E-state index is -0.387. The molecular formula is C6H14N2O2. The molecule has 0 aromatic rings. The van der Waals surface area contributed by atoms with E-state index in [1.54, 1.807) is 0 Å². The molecular weight excluding hydrogens is 132 g/mol. The Bertz CT molecular complexity index is 110. The lowest BCUT2D eigenvalue weighted by atomic mass is 10.1. The van der Waals surface area contributed by atoms with Gasteiger partial charge in [-0.25, -0.2) is 0 Å². The summed E-state index contributed by atoms with van der Waals surface area (Å²) in [6, 6.07) is 0.000648. The van der Waals surface area contributed by atoms with Crippen molar-refractivity contribution in [2.24, 2.45) is 5.73 Å². The van der Waals surface area contributed by atoms with E-state index >= 15 is 0 Å². The lowest BCUT2D eigenvalue weighted by Gasteiger charge is -2.11. The number of hydrogen-bond acceptors (Lipinski definition) is 4. The van der Waals surface area contributed by atoms with E-state index in [4.69, 9.17) is 10.8 Å². The fourth-order valence-corrected chi connectivity index (χ4v) is 1.29. The first-order valence-corrected chi connectivity index (χ1v) is 3.53. The Morgan fingerprint density at radius 3 is 2.60 bits per heavy atom. The zero-order valence-electron chi connectivity index (χ0n) is 5.83. The van der Waals surface area contributed by atoms with Crippen LogP contribution in [0.5, 0.6) is 0 Å². The van der Waals surface area contributed by atoms with Crippen molar-refractivity contribution in [1.82, 2.24) is 5.32 Å². The highest BCUT2D eigenvalue weighted by molar-refractivity contribution is 4.90. The molecule has 0 spiro atoms. The van der Waals surface area contributed by atoms with Crippen molar-refractivity contribution in [3.8, 4) is 0 Å². The highest BCUT2D eigenvalue weighted by Gasteiger charge is 2.30. The molecule has 1 saturated heterocycles. The van der Waals surface area contributed by atoms with Crippen molar-refractivity contribution >= 4 is 0 Å². The number of hydrogen-bond donors (Lipinski definition) is 4. The first-order valence-electron chi connectivity index (χ1n) is 3.53. The first-order chi connectivity index (χ1) is 4.77. The molecule has 4 nitrogen and oxygen atoms in total. The summed E-state index contributed by atoms with van der Waals surface area (Å²) in [5, 5.41) is 20.9. The molecule has 3 unspecified atom stereocenters. The smallest absolute Gasteiger partial charge is 0.0721 e. The van der Waals surface area contributed by atoms with Gasteiger partial charge in [-0.3, -0.25) is 0 Å². The minimum absolute atomic E-state index is 0.0304. The monoisotopic (exact) mass is 146 g/mol. The lowest BCUT2D eigenvalue weighted by molar-refractivity contribution is 0.158. The molecule has 0 bridgehead atoms. The largest absolute Gasteiger partial charge is 0.395 e. The number of aliphatic hydroxyl groups excluding tert-OH is 2. The summed E-state index contributed by atoms with van der Waals surface area (Å²) in [4.78, 5) is 0. The van der Waals surface area contributed by atoms with Crippen LogP contribution in [-0.4, -0.2) is 41.6 Å². The second-order valence-corrected chi connectivity index (χ2v) is 2.69. The van der Waals surface area contributed by atoms with E-state index in [1.807, 2.05) is 0 Å². The minimum Gasteiger partial charge on any atom is -0.395 e. The van der Waals surface area contributed by atoms with Gasteiger partial charge in [0.15, 0.2) is 0 Å². The van der Waals surface area contributed by atoms with Crippen molar-refractivity contribution in [3.05, 3.63) is 0 Å². The quantitative estimate of drug-likeness (QED) is 0.364. The number of nitrogens with one attached hydrogen (secondary N) is 1. The molecule has 1 heterocycles. The molecule has 4 heteroatoms. The van der Waals surface area contributed by atoms with Crippen LogP contribution in [0.2, 0.25) is 0 Å². The molecule has 1 fully saturated rings. The summed E-state index contributed by atoms with van der Waals surface area (Å²) in [5.74, 6) is 0. The van der Waals surface area contributed by atoms with Crippen LogP contribution in [0.4, 0.5) is 0 Å². The van der Waals surface area contributed by atoms with Crippen LogP contribution in [0.15, 0.2) is 0 Å². The summed E-state index contributed by atoms with van der Waals surface area (Å²) >= 11 is 0. The van der Waals surface area contributed by atoms with Gasteiger partial charge in [0, 0.05) is 18.6 Å². The summed E-state index contributed by atoms with van der Waals surface area (Å²) in [6.45, 7) is 0.505. The lowest BCUT2D eigenvalue weighted by Crippen LogP contribution is -2.40. The highest BCUT2D eigenvalue weighted by Crippen LogP contribution is 2.11. The van der Waals surface area contributed by atoms with Gasteiger partial charge in [0.1, 0.15) is 0 Å². The Hall–Kier alpha value is -0.160. The van der Waals surface area contributed by atoms with Gasteiger partial charge in [0.25, 0.3) is 0 Å². The average Bonchev–Trinajstić information content (AvgIpc) is 2.30. The van der Waals surface area contributed by atoms with E-state index in [9.17, 15) is 5.11 Å². The molecule has 0 aliphatic carbocycles. The number of rotatable bonds is 2. The number of nitrogens with two attached hydrogens (primary N) is 1. The van der Waals surface area contributed by atoms with Crippen LogP contribution >= 0.6 is 0 Å². The Morgan fingerprint density at radius 1 is 1.60 bits per heavy atom. The van der Waals surface area contributed by atoms with E-state index in [1.165, 1.54) is 0 Å². The van der Waals surface area contributed by atoms with Gasteiger partial charge in [0.05, 0.1) is 12.7 Å². The van der Waals surface area contributed by atoms with Crippen LogP contribution < -0.4 is 11.1 Å². The van der Waals surface area contributed by atoms with Crippen LogP contribution in [-0.2, 0) is 0 Å². The van der Waals surface area contributed by atoms with E-state index < -0.39 is 0 Å². The van der Waals surface area contributed by atoms with Crippen molar-refractivity contribution < 1.29 is 10.2 Å². The average molecular weight is 146 g/mol. The predicted octanol–water partition coefficient (Wildman–Crippen LogP) is -1.97. The maximum Gasteiger partial charge on any atom is 0.0721 e. The van der Waals surface area contributed by atoms with E-state index in [2.05, 4.69) is 5.32 Å². The second-order valence-electron chi connectivity index (χ2n) is 2.69. The third-order valence-corrected chi connectivity index (χ3v) is 1.91. The third kappa shape index (κ3) is 1.46. The normalized spacial score (nSPS) is 40.5. The van der Waals surface area contributed by atoms with Crippen LogP contribution in [0.3, 0.4) is 0 Å². The van der Waals surface area contributed by atoms with Crippen LogP contribution in [0.25, 0.3) is 0 Å². The van der Waals surface area contributed by atoms with E-state index in [0.29, 0.717) is 13.0 Å². The molecule has 1 rings (SSSR count). The fourth-order valence-electron chi connectivity index (χ4n) is 1.29. The summed E-state index contributed by atoms with van der Waals surface area (Å²) in [7, 11) is 0. The molecule has 5 N–H and O–H groups in total. The molecule has 0 radical (unpaired) electrons. The van der Waals surface area contributed by atoms with Gasteiger partial charge in [-0.2, -0.15) is 0 Å². The summed E-state index contributed by atoms with van der Waals surface area (Å²) in [5.41, 5.74) is 5.34. The van der Waals surface area contributed by atoms with E-state index in [0.717, 1.165) is 0 Å². The second kappa shape index (κ2) is 3.30. The van der Waals surface area contributed by atoms with Gasteiger partial charge in [-0.15, -0.1) is 0 Å². The van der Waals surface area contributed by atoms with Crippen molar-refractivity contribution in [1.29, 1.82) is 0 Å². The zero-order chi connectivity index (χ0) is 7.56. The first kappa shape index (κ1) is 7.94. The molecule has 0 amide bonds. The van der Waals surface area contributed by atoms with Crippen molar-refractivity contribution in [2.45, 2.75) is 24.6 Å². The van der Waals surface area contributed by atoms with Gasteiger partial charge in [-0.1, -0.05) is 0 Å². The SMILES string of the molecule is NCC1NC(CO)CC1O. The van der Waals surface area contributed by atoms with Crippen molar-refractivity contribution in [2.75, 3.05) is 13.2 Å². The Balaban J connectivity index is 2.36. The van der Waals surface area contributed by atoms with Gasteiger partial charge in [0.2, 0.25) is 0 Å². The Labute approximate surface area is 60.0 Å².